The molecule has 3 aromatic rings. The largest absolute Gasteiger partial charge is 0.354 e. The van der Waals surface area contributed by atoms with Gasteiger partial charge in [0.2, 0.25) is 11.8 Å². The molecule has 2 amide bonds. The smallest absolute Gasteiger partial charge is 0.264 e. The van der Waals surface area contributed by atoms with Gasteiger partial charge >= 0.3 is 0 Å². The van der Waals surface area contributed by atoms with Gasteiger partial charge in [-0.15, -0.1) is 0 Å². The van der Waals surface area contributed by atoms with Gasteiger partial charge in [-0.2, -0.15) is 0 Å². The average molecular weight is 564 g/mol. The molecule has 0 aromatic heterocycles. The summed E-state index contributed by atoms with van der Waals surface area (Å²) in [6, 6.07) is 18.8. The van der Waals surface area contributed by atoms with Crippen LogP contribution in [0.2, 0.25) is 0 Å². The van der Waals surface area contributed by atoms with E-state index >= 15 is 0 Å². The topological polar surface area (TPSA) is 86.8 Å². The van der Waals surface area contributed by atoms with E-state index in [9.17, 15) is 18.0 Å². The van der Waals surface area contributed by atoms with E-state index in [1.165, 1.54) is 4.90 Å². The van der Waals surface area contributed by atoms with Crippen LogP contribution in [0.4, 0.5) is 5.69 Å². The Morgan fingerprint density at radius 3 is 2.10 bits per heavy atom. The Kier molecular flexibility index (Phi) is 10.1. The second kappa shape index (κ2) is 13.1. The molecule has 7 nitrogen and oxygen atoms in total. The Labute approximate surface area is 239 Å². The lowest BCUT2D eigenvalue weighted by molar-refractivity contribution is -0.139. The third kappa shape index (κ3) is 7.72. The van der Waals surface area contributed by atoms with Crippen LogP contribution in [-0.2, 0) is 26.2 Å². The van der Waals surface area contributed by atoms with Crippen LogP contribution in [0.25, 0.3) is 0 Å². The Morgan fingerprint density at radius 2 is 1.50 bits per heavy atom. The van der Waals surface area contributed by atoms with Crippen molar-refractivity contribution in [3.63, 3.8) is 0 Å². The molecule has 3 rings (SSSR count). The molecule has 214 valence electrons. The summed E-state index contributed by atoms with van der Waals surface area (Å²) in [6.45, 7) is 13.6. The summed E-state index contributed by atoms with van der Waals surface area (Å²) in [7, 11) is -4.09. The number of rotatable bonds is 11. The molecule has 0 saturated carbocycles. The predicted molar refractivity (Wildman–Crippen MR) is 161 cm³/mol. The number of hydrogen-bond acceptors (Lipinski definition) is 4. The zero-order valence-electron chi connectivity index (χ0n) is 24.6. The highest BCUT2D eigenvalue weighted by Crippen LogP contribution is 2.27. The quantitative estimate of drug-likeness (QED) is 0.343. The molecule has 0 heterocycles. The number of hydrogen-bond donors (Lipinski definition) is 1. The second-order valence-electron chi connectivity index (χ2n) is 10.9. The van der Waals surface area contributed by atoms with Gasteiger partial charge in [-0.3, -0.25) is 13.9 Å². The predicted octanol–water partition coefficient (Wildman–Crippen LogP) is 5.31. The van der Waals surface area contributed by atoms with Crippen LogP contribution >= 0.6 is 0 Å². The summed E-state index contributed by atoms with van der Waals surface area (Å²) < 4.78 is 29.1. The maximum Gasteiger partial charge on any atom is 0.264 e. The first kappa shape index (κ1) is 30.9. The molecule has 3 aromatic carbocycles. The SMILES string of the molecule is Cc1ccc(S(=O)(=O)N(CC(=O)N(Cc2cccc(C)c2)C(C)C(=O)NCC(C)C)c2ccc(C)c(C)c2)cc1. The van der Waals surface area contributed by atoms with E-state index in [2.05, 4.69) is 5.32 Å². The number of carbonyl (C=O) groups is 2. The van der Waals surface area contributed by atoms with Crippen LogP contribution in [0, 0.1) is 33.6 Å². The molecule has 1 unspecified atom stereocenters. The van der Waals surface area contributed by atoms with Gasteiger partial charge < -0.3 is 10.2 Å². The van der Waals surface area contributed by atoms with Crippen LogP contribution < -0.4 is 9.62 Å². The molecule has 0 spiro atoms. The number of benzene rings is 3. The highest BCUT2D eigenvalue weighted by molar-refractivity contribution is 7.92. The molecule has 0 fully saturated rings. The van der Waals surface area contributed by atoms with Crippen molar-refractivity contribution in [2.45, 2.75) is 65.9 Å². The number of carbonyl (C=O) groups excluding carboxylic acids is 2. The third-order valence-corrected chi connectivity index (χ3v) is 8.74. The van der Waals surface area contributed by atoms with Crippen molar-refractivity contribution in [1.29, 1.82) is 0 Å². The Morgan fingerprint density at radius 1 is 0.825 bits per heavy atom. The lowest BCUT2D eigenvalue weighted by Crippen LogP contribution is -2.51. The van der Waals surface area contributed by atoms with Crippen LogP contribution in [0.3, 0.4) is 0 Å². The van der Waals surface area contributed by atoms with E-state index in [0.717, 1.165) is 32.1 Å². The summed E-state index contributed by atoms with van der Waals surface area (Å²) in [6.07, 6.45) is 0. The van der Waals surface area contributed by atoms with Gasteiger partial charge in [-0.25, -0.2) is 8.42 Å². The molecule has 0 bridgehead atoms. The molecule has 0 aliphatic rings. The molecular formula is C32H41N3O4S. The van der Waals surface area contributed by atoms with Gasteiger partial charge in [-0.05, 0) is 81.5 Å². The molecule has 8 heteroatoms. The first-order valence-corrected chi connectivity index (χ1v) is 15.0. The summed E-state index contributed by atoms with van der Waals surface area (Å²) in [5, 5.41) is 2.91. The summed E-state index contributed by atoms with van der Waals surface area (Å²) >= 11 is 0. The summed E-state index contributed by atoms with van der Waals surface area (Å²) in [5.74, 6) is -0.506. The molecule has 0 aliphatic heterocycles. The Balaban J connectivity index is 2.04. The number of nitrogens with one attached hydrogen (secondary N) is 1. The third-order valence-electron chi connectivity index (χ3n) is 6.95. The number of aryl methyl sites for hydroxylation is 4. The van der Waals surface area contributed by atoms with Crippen molar-refractivity contribution < 1.29 is 18.0 Å². The summed E-state index contributed by atoms with van der Waals surface area (Å²) in [5.41, 5.74) is 5.13. The zero-order valence-corrected chi connectivity index (χ0v) is 25.4. The van der Waals surface area contributed by atoms with Crippen molar-refractivity contribution in [3.05, 3.63) is 94.5 Å². The first-order chi connectivity index (χ1) is 18.8. The normalized spacial score (nSPS) is 12.2. The molecule has 40 heavy (non-hydrogen) atoms. The minimum Gasteiger partial charge on any atom is -0.354 e. The van der Waals surface area contributed by atoms with Crippen LogP contribution in [0.15, 0.2) is 71.6 Å². The molecule has 1 atom stereocenters. The fourth-order valence-electron chi connectivity index (χ4n) is 4.29. The van der Waals surface area contributed by atoms with Crippen LogP contribution in [0.1, 0.15) is 48.6 Å². The standard InChI is InChI=1S/C32H41N3O4S/c1-22(2)19-33-32(37)27(7)34(20-28-10-8-9-24(4)17-28)31(36)21-35(29-14-13-25(5)26(6)18-29)40(38,39)30-15-11-23(3)12-16-30/h8-18,22,27H,19-21H2,1-7H3,(H,33,37). The molecule has 0 aliphatic carbocycles. The number of amides is 2. The minimum atomic E-state index is -4.09. The lowest BCUT2D eigenvalue weighted by Gasteiger charge is -2.32. The van der Waals surface area contributed by atoms with Gasteiger partial charge in [0.1, 0.15) is 12.6 Å². The average Bonchev–Trinajstić information content (AvgIpc) is 2.90. The highest BCUT2D eigenvalue weighted by atomic mass is 32.2. The highest BCUT2D eigenvalue weighted by Gasteiger charge is 2.32. The molecule has 0 radical (unpaired) electrons. The van der Waals surface area contributed by atoms with Crippen molar-refractivity contribution in [1.82, 2.24) is 10.2 Å². The van der Waals surface area contributed by atoms with E-state index in [4.69, 9.17) is 0 Å². The Bertz CT molecular complexity index is 1450. The van der Waals surface area contributed by atoms with Gasteiger partial charge in [-0.1, -0.05) is 67.4 Å². The van der Waals surface area contributed by atoms with Crippen molar-refractivity contribution >= 4 is 27.5 Å². The zero-order chi connectivity index (χ0) is 29.6. The maximum atomic E-state index is 14.0. The van der Waals surface area contributed by atoms with Gasteiger partial charge in [0, 0.05) is 13.1 Å². The van der Waals surface area contributed by atoms with E-state index in [-0.39, 0.29) is 23.3 Å². The van der Waals surface area contributed by atoms with Gasteiger partial charge in [0.25, 0.3) is 10.0 Å². The summed E-state index contributed by atoms with van der Waals surface area (Å²) in [4.78, 5) is 28.7. The van der Waals surface area contributed by atoms with Crippen LogP contribution in [-0.4, -0.2) is 44.3 Å². The molecule has 1 N–H and O–H groups in total. The van der Waals surface area contributed by atoms with Gasteiger partial charge in [0.05, 0.1) is 10.6 Å². The van der Waals surface area contributed by atoms with Gasteiger partial charge in [0.15, 0.2) is 0 Å². The number of sulfonamides is 1. The van der Waals surface area contributed by atoms with Crippen LogP contribution in [0.5, 0.6) is 0 Å². The fraction of sp³-hybridized carbons (Fsp3) is 0.375. The van der Waals surface area contributed by atoms with E-state index < -0.39 is 28.5 Å². The van der Waals surface area contributed by atoms with E-state index in [1.807, 2.05) is 71.9 Å². The van der Waals surface area contributed by atoms with Crippen molar-refractivity contribution in [3.8, 4) is 0 Å². The monoisotopic (exact) mass is 563 g/mol. The van der Waals surface area contributed by atoms with E-state index in [0.29, 0.717) is 12.2 Å². The number of anilines is 1. The van der Waals surface area contributed by atoms with Crippen molar-refractivity contribution in [2.24, 2.45) is 5.92 Å². The fourth-order valence-corrected chi connectivity index (χ4v) is 5.70. The first-order valence-electron chi connectivity index (χ1n) is 13.6. The Hall–Kier alpha value is -3.65. The minimum absolute atomic E-state index is 0.0945. The molecular weight excluding hydrogens is 522 g/mol. The second-order valence-corrected chi connectivity index (χ2v) is 12.8. The number of nitrogens with zero attached hydrogens (tertiary/aromatic N) is 2. The molecule has 0 saturated heterocycles. The van der Waals surface area contributed by atoms with Crippen molar-refractivity contribution in [2.75, 3.05) is 17.4 Å². The lowest BCUT2D eigenvalue weighted by atomic mass is 10.1. The maximum absolute atomic E-state index is 14.0. The van der Waals surface area contributed by atoms with E-state index in [1.54, 1.807) is 43.3 Å².